The molecule has 0 unspecified atom stereocenters. The molecule has 4 N–H and O–H groups in total. The van der Waals surface area contributed by atoms with Crippen LogP contribution < -0.4 is 16.2 Å². The first-order valence-corrected chi connectivity index (χ1v) is 4.93. The van der Waals surface area contributed by atoms with Crippen LogP contribution in [0.3, 0.4) is 0 Å². The van der Waals surface area contributed by atoms with Crippen molar-refractivity contribution in [1.29, 1.82) is 0 Å². The summed E-state index contributed by atoms with van der Waals surface area (Å²) in [7, 11) is 0. The van der Waals surface area contributed by atoms with Gasteiger partial charge in [0.15, 0.2) is 5.96 Å². The molecule has 0 aliphatic heterocycles. The Balaban J connectivity index is 2.20. The first-order valence-electron chi connectivity index (χ1n) is 4.93. The molecule has 0 aliphatic rings. The summed E-state index contributed by atoms with van der Waals surface area (Å²) in [5, 5.41) is 0. The molecule has 0 bridgehead atoms. The number of aryl methyl sites for hydroxylation is 1. The van der Waals surface area contributed by atoms with Crippen LogP contribution in [0.1, 0.15) is 12.0 Å². The van der Waals surface area contributed by atoms with Gasteiger partial charge >= 0.3 is 0 Å². The molecular weight excluding hydrogens is 190 g/mol. The van der Waals surface area contributed by atoms with Crippen LogP contribution in [0.5, 0.6) is 5.75 Å². The largest absolute Gasteiger partial charge is 0.494 e. The van der Waals surface area contributed by atoms with E-state index in [1.165, 1.54) is 5.56 Å². The second kappa shape index (κ2) is 5.90. The smallest absolute Gasteiger partial charge is 0.185 e. The van der Waals surface area contributed by atoms with Crippen LogP contribution in [0.25, 0.3) is 0 Å². The highest BCUT2D eigenvalue weighted by Gasteiger charge is 1.92. The third-order valence-corrected chi connectivity index (χ3v) is 1.89. The maximum atomic E-state index is 5.49. The molecular formula is C11H17N3O. The quantitative estimate of drug-likeness (QED) is 0.430. The summed E-state index contributed by atoms with van der Waals surface area (Å²) in [5.41, 5.74) is 11.6. The number of ether oxygens (including phenoxy) is 1. The van der Waals surface area contributed by atoms with Gasteiger partial charge in [0, 0.05) is 13.0 Å². The van der Waals surface area contributed by atoms with E-state index in [0.717, 1.165) is 12.2 Å². The van der Waals surface area contributed by atoms with Gasteiger partial charge in [0.25, 0.3) is 0 Å². The minimum atomic E-state index is 0.130. The number of rotatable bonds is 5. The normalized spacial score (nSPS) is 9.67. The van der Waals surface area contributed by atoms with Crippen molar-refractivity contribution in [2.24, 2.45) is 16.5 Å². The van der Waals surface area contributed by atoms with Gasteiger partial charge in [-0.1, -0.05) is 17.7 Å². The summed E-state index contributed by atoms with van der Waals surface area (Å²) >= 11 is 0. The van der Waals surface area contributed by atoms with Crippen LogP contribution in [-0.4, -0.2) is 19.1 Å². The summed E-state index contributed by atoms with van der Waals surface area (Å²) in [4.78, 5) is 3.86. The van der Waals surface area contributed by atoms with Crippen LogP contribution >= 0.6 is 0 Å². The lowest BCUT2D eigenvalue weighted by atomic mass is 10.2. The van der Waals surface area contributed by atoms with E-state index >= 15 is 0 Å². The molecule has 0 spiro atoms. The maximum absolute atomic E-state index is 5.49. The van der Waals surface area contributed by atoms with E-state index in [1.807, 2.05) is 31.2 Å². The molecule has 82 valence electrons. The highest BCUT2D eigenvalue weighted by molar-refractivity contribution is 5.75. The Kier molecular flexibility index (Phi) is 4.47. The first kappa shape index (κ1) is 11.4. The van der Waals surface area contributed by atoms with Gasteiger partial charge < -0.3 is 16.2 Å². The summed E-state index contributed by atoms with van der Waals surface area (Å²) in [6.45, 7) is 3.27. The Morgan fingerprint density at radius 3 is 2.53 bits per heavy atom. The van der Waals surface area contributed by atoms with Gasteiger partial charge in [-0.3, -0.25) is 4.99 Å². The summed E-state index contributed by atoms with van der Waals surface area (Å²) in [6, 6.07) is 7.95. The highest BCUT2D eigenvalue weighted by Crippen LogP contribution is 2.11. The Morgan fingerprint density at radius 1 is 1.27 bits per heavy atom. The zero-order valence-corrected chi connectivity index (χ0v) is 8.94. The second-order valence-electron chi connectivity index (χ2n) is 3.32. The summed E-state index contributed by atoms with van der Waals surface area (Å²) in [5.74, 6) is 1.01. The minimum Gasteiger partial charge on any atom is -0.494 e. The lowest BCUT2D eigenvalue weighted by molar-refractivity contribution is 0.313. The van der Waals surface area contributed by atoms with Gasteiger partial charge in [0.2, 0.25) is 0 Å². The summed E-state index contributed by atoms with van der Waals surface area (Å²) in [6.07, 6.45) is 0.811. The molecule has 1 aromatic rings. The molecule has 0 radical (unpaired) electrons. The molecule has 0 aromatic heterocycles. The van der Waals surface area contributed by atoms with E-state index in [2.05, 4.69) is 4.99 Å². The number of aliphatic imine (C=N–C) groups is 1. The average Bonchev–Trinajstić information content (AvgIpc) is 2.20. The van der Waals surface area contributed by atoms with E-state index in [0.29, 0.717) is 13.2 Å². The average molecular weight is 207 g/mol. The third kappa shape index (κ3) is 4.90. The Labute approximate surface area is 89.9 Å². The molecule has 0 heterocycles. The van der Waals surface area contributed by atoms with Crippen molar-refractivity contribution in [3.05, 3.63) is 29.8 Å². The molecule has 15 heavy (non-hydrogen) atoms. The fourth-order valence-corrected chi connectivity index (χ4v) is 1.10. The van der Waals surface area contributed by atoms with Gasteiger partial charge in [-0.05, 0) is 19.1 Å². The molecule has 0 amide bonds. The lowest BCUT2D eigenvalue weighted by Gasteiger charge is -2.04. The van der Waals surface area contributed by atoms with Crippen LogP contribution in [0.2, 0.25) is 0 Å². The van der Waals surface area contributed by atoms with Crippen molar-refractivity contribution in [1.82, 2.24) is 0 Å². The lowest BCUT2D eigenvalue weighted by Crippen LogP contribution is -2.23. The van der Waals surface area contributed by atoms with Gasteiger partial charge in [0.1, 0.15) is 5.75 Å². The molecule has 0 fully saturated rings. The molecule has 4 nitrogen and oxygen atoms in total. The van der Waals surface area contributed by atoms with Gasteiger partial charge in [0.05, 0.1) is 6.61 Å². The highest BCUT2D eigenvalue weighted by atomic mass is 16.5. The van der Waals surface area contributed by atoms with Gasteiger partial charge in [-0.2, -0.15) is 0 Å². The molecule has 1 rings (SSSR count). The number of hydrogen-bond acceptors (Lipinski definition) is 2. The van der Waals surface area contributed by atoms with E-state index in [1.54, 1.807) is 0 Å². The number of nitrogens with two attached hydrogens (primary N) is 2. The number of guanidine groups is 1. The second-order valence-corrected chi connectivity index (χ2v) is 3.32. The van der Waals surface area contributed by atoms with E-state index in [4.69, 9.17) is 16.2 Å². The van der Waals surface area contributed by atoms with E-state index in [-0.39, 0.29) is 5.96 Å². The topological polar surface area (TPSA) is 73.6 Å². The fourth-order valence-electron chi connectivity index (χ4n) is 1.10. The molecule has 0 saturated heterocycles. The van der Waals surface area contributed by atoms with Crippen LogP contribution in [0.15, 0.2) is 29.3 Å². The van der Waals surface area contributed by atoms with Crippen molar-refractivity contribution in [2.45, 2.75) is 13.3 Å². The van der Waals surface area contributed by atoms with Gasteiger partial charge in [-0.25, -0.2) is 0 Å². The van der Waals surface area contributed by atoms with E-state index in [9.17, 15) is 0 Å². The molecule has 0 aliphatic carbocycles. The molecule has 4 heteroatoms. The van der Waals surface area contributed by atoms with Crippen LogP contribution in [-0.2, 0) is 0 Å². The SMILES string of the molecule is Cc1ccc(OCCCN=C(N)N)cc1. The number of nitrogens with zero attached hydrogens (tertiary/aromatic N) is 1. The van der Waals surface area contributed by atoms with Gasteiger partial charge in [-0.15, -0.1) is 0 Å². The van der Waals surface area contributed by atoms with E-state index < -0.39 is 0 Å². The first-order chi connectivity index (χ1) is 7.18. The Bertz CT molecular complexity index is 315. The number of benzene rings is 1. The monoisotopic (exact) mass is 207 g/mol. The minimum absolute atomic E-state index is 0.130. The summed E-state index contributed by atoms with van der Waals surface area (Å²) < 4.78 is 5.49. The predicted octanol–water partition coefficient (Wildman–Crippen LogP) is 1.04. The molecule has 0 saturated carbocycles. The maximum Gasteiger partial charge on any atom is 0.185 e. The van der Waals surface area contributed by atoms with Crippen LogP contribution in [0.4, 0.5) is 0 Å². The van der Waals surface area contributed by atoms with Crippen molar-refractivity contribution in [3.8, 4) is 5.75 Å². The zero-order chi connectivity index (χ0) is 11.1. The fraction of sp³-hybridized carbons (Fsp3) is 0.364. The Morgan fingerprint density at radius 2 is 1.93 bits per heavy atom. The van der Waals surface area contributed by atoms with Crippen molar-refractivity contribution < 1.29 is 4.74 Å². The number of hydrogen-bond donors (Lipinski definition) is 2. The standard InChI is InChI=1S/C11H17N3O/c1-9-3-5-10(6-4-9)15-8-2-7-14-11(12)13/h3-6H,2,7-8H2,1H3,(H4,12,13,14). The third-order valence-electron chi connectivity index (χ3n) is 1.89. The zero-order valence-electron chi connectivity index (χ0n) is 8.94. The van der Waals surface area contributed by atoms with Crippen LogP contribution in [0, 0.1) is 6.92 Å². The Hall–Kier alpha value is -1.71. The van der Waals surface area contributed by atoms with Crippen molar-refractivity contribution in [2.75, 3.05) is 13.2 Å². The van der Waals surface area contributed by atoms with Crippen molar-refractivity contribution >= 4 is 5.96 Å². The van der Waals surface area contributed by atoms with Crippen molar-refractivity contribution in [3.63, 3.8) is 0 Å². The molecule has 0 atom stereocenters. The molecule has 1 aromatic carbocycles. The predicted molar refractivity (Wildman–Crippen MR) is 62.0 cm³/mol.